The predicted octanol–water partition coefficient (Wildman–Crippen LogP) is 2.76. The van der Waals surface area contributed by atoms with Crippen molar-refractivity contribution in [2.75, 3.05) is 12.3 Å². The summed E-state index contributed by atoms with van der Waals surface area (Å²) in [6.07, 6.45) is 4.62. The van der Waals surface area contributed by atoms with E-state index in [1.165, 1.54) is 6.42 Å². The molecular weight excluding hydrogens is 288 g/mol. The lowest BCUT2D eigenvalue weighted by Gasteiger charge is -2.42. The molecule has 2 N–H and O–H groups in total. The van der Waals surface area contributed by atoms with Crippen LogP contribution in [0.15, 0.2) is 0 Å². The highest BCUT2D eigenvalue weighted by atomic mass is 32.2. The molecule has 0 radical (unpaired) electrons. The Hall–Kier alpha value is -0.910. The maximum Gasteiger partial charge on any atom is 0.327 e. The summed E-state index contributed by atoms with van der Waals surface area (Å²) in [4.78, 5) is 25.4. The van der Waals surface area contributed by atoms with Crippen molar-refractivity contribution in [1.82, 2.24) is 10.2 Å². The Morgan fingerprint density at radius 3 is 2.52 bits per heavy atom. The van der Waals surface area contributed by atoms with Crippen molar-refractivity contribution in [3.05, 3.63) is 0 Å². The number of aliphatic carboxylic acids is 1. The standard InChI is InChI=1S/C15H26N2O3S/c1-4-15(6-5-7-15)9-16-14(20)17-11(13(18)19)8-21-12(17)10(2)3/h10-12H,4-9H2,1-3H3,(H,16,20)(H,18,19). The minimum atomic E-state index is -0.908. The summed E-state index contributed by atoms with van der Waals surface area (Å²) >= 11 is 1.57. The molecule has 2 aliphatic rings. The molecule has 1 aliphatic heterocycles. The number of carboxylic acids is 1. The van der Waals surface area contributed by atoms with Gasteiger partial charge in [-0.25, -0.2) is 9.59 Å². The van der Waals surface area contributed by atoms with E-state index in [1.807, 2.05) is 13.8 Å². The zero-order chi connectivity index (χ0) is 15.6. The Bertz CT molecular complexity index is 404. The Balaban J connectivity index is 2.01. The van der Waals surface area contributed by atoms with E-state index in [2.05, 4.69) is 12.2 Å². The number of thioether (sulfide) groups is 1. The van der Waals surface area contributed by atoms with Gasteiger partial charge in [0.2, 0.25) is 0 Å². The number of rotatable bonds is 5. The number of nitrogens with one attached hydrogen (secondary N) is 1. The normalized spacial score (nSPS) is 27.5. The number of urea groups is 1. The second-order valence-corrected chi connectivity index (χ2v) is 7.74. The molecule has 0 bridgehead atoms. The monoisotopic (exact) mass is 314 g/mol. The highest BCUT2D eigenvalue weighted by molar-refractivity contribution is 8.00. The molecule has 1 saturated heterocycles. The predicted molar refractivity (Wildman–Crippen MR) is 84.3 cm³/mol. The molecule has 120 valence electrons. The Labute approximate surface area is 130 Å². The SMILES string of the molecule is CCC1(CNC(=O)N2C(C(=O)O)CSC2C(C)C)CCC1. The molecule has 0 spiro atoms. The number of nitrogens with zero attached hydrogens (tertiary/aromatic N) is 1. The minimum Gasteiger partial charge on any atom is -0.480 e. The van der Waals surface area contributed by atoms with E-state index in [1.54, 1.807) is 16.7 Å². The van der Waals surface area contributed by atoms with Crippen molar-refractivity contribution in [2.45, 2.75) is 57.9 Å². The van der Waals surface area contributed by atoms with Crippen LogP contribution in [0.5, 0.6) is 0 Å². The molecule has 2 amide bonds. The largest absolute Gasteiger partial charge is 0.480 e. The van der Waals surface area contributed by atoms with Crippen LogP contribution in [0.2, 0.25) is 0 Å². The van der Waals surface area contributed by atoms with Crippen LogP contribution >= 0.6 is 11.8 Å². The van der Waals surface area contributed by atoms with E-state index in [0.29, 0.717) is 12.3 Å². The van der Waals surface area contributed by atoms with Crippen molar-refractivity contribution in [2.24, 2.45) is 11.3 Å². The summed E-state index contributed by atoms with van der Waals surface area (Å²) < 4.78 is 0. The Morgan fingerprint density at radius 1 is 1.43 bits per heavy atom. The van der Waals surface area contributed by atoms with Crippen molar-refractivity contribution in [3.63, 3.8) is 0 Å². The highest BCUT2D eigenvalue weighted by Crippen LogP contribution is 2.43. The van der Waals surface area contributed by atoms with Crippen LogP contribution in [0, 0.1) is 11.3 Å². The van der Waals surface area contributed by atoms with Crippen molar-refractivity contribution in [3.8, 4) is 0 Å². The van der Waals surface area contributed by atoms with Crippen molar-refractivity contribution < 1.29 is 14.7 Å². The molecular formula is C15H26N2O3S. The maximum atomic E-state index is 12.5. The maximum absolute atomic E-state index is 12.5. The minimum absolute atomic E-state index is 0.0509. The van der Waals surface area contributed by atoms with E-state index >= 15 is 0 Å². The summed E-state index contributed by atoms with van der Waals surface area (Å²) in [7, 11) is 0. The van der Waals surface area contributed by atoms with Gasteiger partial charge in [0, 0.05) is 12.3 Å². The average molecular weight is 314 g/mol. The molecule has 5 nitrogen and oxygen atoms in total. The summed E-state index contributed by atoms with van der Waals surface area (Å²) in [5.74, 6) is -0.187. The molecule has 1 saturated carbocycles. The quantitative estimate of drug-likeness (QED) is 0.818. The number of amides is 2. The highest BCUT2D eigenvalue weighted by Gasteiger charge is 2.44. The molecule has 21 heavy (non-hydrogen) atoms. The second kappa shape index (κ2) is 6.46. The second-order valence-electron chi connectivity index (χ2n) is 6.60. The molecule has 1 aliphatic carbocycles. The zero-order valence-electron chi connectivity index (χ0n) is 13.1. The number of hydrogen-bond acceptors (Lipinski definition) is 3. The fourth-order valence-corrected chi connectivity index (χ4v) is 4.65. The lowest BCUT2D eigenvalue weighted by molar-refractivity contribution is -0.141. The molecule has 6 heteroatoms. The third-order valence-corrected chi connectivity index (χ3v) is 6.52. The van der Waals surface area contributed by atoms with Gasteiger partial charge >= 0.3 is 12.0 Å². The van der Waals surface area contributed by atoms with Crippen LogP contribution in [-0.4, -0.2) is 45.7 Å². The van der Waals surface area contributed by atoms with E-state index in [-0.39, 0.29) is 22.7 Å². The van der Waals surface area contributed by atoms with E-state index < -0.39 is 12.0 Å². The van der Waals surface area contributed by atoms with Crippen LogP contribution in [-0.2, 0) is 4.79 Å². The van der Waals surface area contributed by atoms with E-state index in [0.717, 1.165) is 19.3 Å². The first-order valence-corrected chi connectivity index (χ1v) is 8.85. The molecule has 1 heterocycles. The molecule has 2 unspecified atom stereocenters. The van der Waals surface area contributed by atoms with Gasteiger partial charge in [-0.05, 0) is 30.6 Å². The summed E-state index contributed by atoms with van der Waals surface area (Å²) in [6, 6.07) is -0.924. The average Bonchev–Trinajstić information content (AvgIpc) is 2.82. The molecule has 0 aromatic carbocycles. The first-order chi connectivity index (χ1) is 9.90. The van der Waals surface area contributed by atoms with Gasteiger partial charge in [0.15, 0.2) is 0 Å². The van der Waals surface area contributed by atoms with Gasteiger partial charge in [-0.1, -0.05) is 27.2 Å². The van der Waals surface area contributed by atoms with E-state index in [9.17, 15) is 14.7 Å². The van der Waals surface area contributed by atoms with Crippen LogP contribution in [0.1, 0.15) is 46.5 Å². The topological polar surface area (TPSA) is 69.6 Å². The van der Waals surface area contributed by atoms with Gasteiger partial charge in [0.1, 0.15) is 6.04 Å². The van der Waals surface area contributed by atoms with E-state index in [4.69, 9.17) is 0 Å². The fraction of sp³-hybridized carbons (Fsp3) is 0.867. The van der Waals surface area contributed by atoms with Gasteiger partial charge in [0.25, 0.3) is 0 Å². The van der Waals surface area contributed by atoms with Crippen LogP contribution in [0.25, 0.3) is 0 Å². The van der Waals surface area contributed by atoms with Crippen molar-refractivity contribution >= 4 is 23.8 Å². The number of hydrogen-bond donors (Lipinski definition) is 2. The fourth-order valence-electron chi connectivity index (χ4n) is 3.18. The third-order valence-electron chi connectivity index (χ3n) is 4.90. The van der Waals surface area contributed by atoms with Crippen LogP contribution < -0.4 is 5.32 Å². The zero-order valence-corrected chi connectivity index (χ0v) is 13.9. The molecule has 2 fully saturated rings. The number of carbonyl (C=O) groups is 2. The molecule has 2 atom stereocenters. The molecule has 0 aromatic rings. The summed E-state index contributed by atoms with van der Waals surface area (Å²) in [6.45, 7) is 6.89. The lowest BCUT2D eigenvalue weighted by atomic mass is 9.67. The number of carboxylic acid groups (broad SMARTS) is 1. The smallest absolute Gasteiger partial charge is 0.327 e. The molecule has 0 aromatic heterocycles. The number of carbonyl (C=O) groups excluding carboxylic acids is 1. The Kier molecular flexibility index (Phi) is 5.07. The van der Waals surface area contributed by atoms with Gasteiger partial charge in [0.05, 0.1) is 5.37 Å². The summed E-state index contributed by atoms with van der Waals surface area (Å²) in [5.41, 5.74) is 0.245. The first-order valence-electron chi connectivity index (χ1n) is 7.81. The lowest BCUT2D eigenvalue weighted by Crippen LogP contribution is -2.53. The third kappa shape index (κ3) is 3.30. The Morgan fingerprint density at radius 2 is 2.10 bits per heavy atom. The van der Waals surface area contributed by atoms with Gasteiger partial charge < -0.3 is 10.4 Å². The van der Waals surface area contributed by atoms with Crippen molar-refractivity contribution in [1.29, 1.82) is 0 Å². The van der Waals surface area contributed by atoms with Crippen LogP contribution in [0.3, 0.4) is 0 Å². The van der Waals surface area contributed by atoms with Gasteiger partial charge in [-0.2, -0.15) is 0 Å². The molecule has 2 rings (SSSR count). The first kappa shape index (κ1) is 16.5. The summed E-state index contributed by atoms with van der Waals surface area (Å²) in [5, 5.41) is 12.3. The van der Waals surface area contributed by atoms with Gasteiger partial charge in [-0.15, -0.1) is 11.8 Å². The van der Waals surface area contributed by atoms with Gasteiger partial charge in [-0.3, -0.25) is 4.90 Å². The van der Waals surface area contributed by atoms with Crippen LogP contribution in [0.4, 0.5) is 4.79 Å².